The van der Waals surface area contributed by atoms with Crippen molar-refractivity contribution in [3.8, 4) is 0 Å². The van der Waals surface area contributed by atoms with Crippen LogP contribution in [-0.2, 0) is 11.2 Å². The largest absolute Gasteiger partial charge is 0.351 e. The lowest BCUT2D eigenvalue weighted by Gasteiger charge is -2.25. The number of nitrogens with zero attached hydrogens (tertiary/aromatic N) is 3. The van der Waals surface area contributed by atoms with E-state index >= 15 is 0 Å². The summed E-state index contributed by atoms with van der Waals surface area (Å²) < 4.78 is 0. The van der Waals surface area contributed by atoms with Gasteiger partial charge in [-0.15, -0.1) is 0 Å². The van der Waals surface area contributed by atoms with Crippen LogP contribution in [0.1, 0.15) is 42.2 Å². The molecule has 0 aliphatic carbocycles. The zero-order valence-corrected chi connectivity index (χ0v) is 14.8. The molecule has 1 unspecified atom stereocenters. The summed E-state index contributed by atoms with van der Waals surface area (Å²) in [4.78, 5) is 25.7. The lowest BCUT2D eigenvalue weighted by molar-refractivity contribution is -0.131. The van der Waals surface area contributed by atoms with Gasteiger partial charge in [0.05, 0.1) is 6.20 Å². The van der Waals surface area contributed by atoms with E-state index in [0.717, 1.165) is 12.8 Å². The molecule has 130 valence electrons. The molecule has 24 heavy (non-hydrogen) atoms. The van der Waals surface area contributed by atoms with Crippen molar-refractivity contribution in [2.45, 2.75) is 38.6 Å². The Kier molecular flexibility index (Phi) is 6.92. The van der Waals surface area contributed by atoms with Crippen molar-refractivity contribution in [3.05, 3.63) is 34.3 Å². The van der Waals surface area contributed by atoms with Crippen LogP contribution in [0.5, 0.6) is 0 Å². The fraction of sp³-hybridized carbons (Fsp3) is 0.500. The number of H-pyrrole nitrogens is 1. The van der Waals surface area contributed by atoms with E-state index in [9.17, 15) is 9.59 Å². The highest BCUT2D eigenvalue weighted by molar-refractivity contribution is 7.07. The van der Waals surface area contributed by atoms with E-state index in [4.69, 9.17) is 0 Å². The molecule has 0 fully saturated rings. The highest BCUT2D eigenvalue weighted by Gasteiger charge is 2.16. The molecule has 2 aromatic rings. The van der Waals surface area contributed by atoms with E-state index in [-0.39, 0.29) is 23.6 Å². The molecule has 2 heterocycles. The van der Waals surface area contributed by atoms with Crippen LogP contribution in [0.25, 0.3) is 0 Å². The Hall–Kier alpha value is -2.22. The van der Waals surface area contributed by atoms with Crippen LogP contribution in [0.4, 0.5) is 0 Å². The Bertz CT molecular complexity index is 627. The first-order valence-corrected chi connectivity index (χ1v) is 8.93. The van der Waals surface area contributed by atoms with Gasteiger partial charge in [0.25, 0.3) is 5.91 Å². The van der Waals surface area contributed by atoms with Crippen molar-refractivity contribution in [1.29, 1.82) is 0 Å². The number of aromatic amines is 1. The molecule has 0 saturated carbocycles. The van der Waals surface area contributed by atoms with Crippen LogP contribution < -0.4 is 5.32 Å². The van der Waals surface area contributed by atoms with E-state index in [1.165, 1.54) is 11.8 Å². The third kappa shape index (κ3) is 5.45. The Morgan fingerprint density at radius 3 is 2.96 bits per heavy atom. The molecule has 2 rings (SSSR count). The number of rotatable bonds is 9. The van der Waals surface area contributed by atoms with Gasteiger partial charge in [0.2, 0.25) is 5.91 Å². The van der Waals surface area contributed by atoms with Crippen LogP contribution in [-0.4, -0.2) is 51.8 Å². The highest BCUT2D eigenvalue weighted by Crippen LogP contribution is 2.11. The van der Waals surface area contributed by atoms with Crippen LogP contribution >= 0.6 is 11.3 Å². The Morgan fingerprint density at radius 2 is 2.29 bits per heavy atom. The first-order chi connectivity index (χ1) is 11.6. The number of carbonyl (C=O) groups is 2. The van der Waals surface area contributed by atoms with Gasteiger partial charge in [-0.2, -0.15) is 26.7 Å². The maximum Gasteiger partial charge on any atom is 0.273 e. The molecule has 0 aliphatic rings. The summed E-state index contributed by atoms with van der Waals surface area (Å²) in [6.45, 7) is 2.47. The second-order valence-corrected chi connectivity index (χ2v) is 6.52. The highest BCUT2D eigenvalue weighted by atomic mass is 32.1. The minimum atomic E-state index is -0.263. The van der Waals surface area contributed by atoms with Crippen molar-refractivity contribution >= 4 is 23.2 Å². The molecule has 0 radical (unpaired) electrons. The summed E-state index contributed by atoms with van der Waals surface area (Å²) in [6, 6.07) is 2.16. The standard InChI is InChI=1S/C16H23N5O2S/c1-12(6-8-17-16(23)14-10-18-20-19-14)21(2)15(22)5-3-4-13-7-9-24-11-13/h7,9-12H,3-6,8H2,1-2H3,(H,17,23)(H,18,19,20). The molecule has 0 bridgehead atoms. The lowest BCUT2D eigenvalue weighted by atomic mass is 10.1. The Labute approximate surface area is 145 Å². The van der Waals surface area contributed by atoms with Crippen LogP contribution in [0.15, 0.2) is 23.0 Å². The quantitative estimate of drug-likeness (QED) is 0.723. The second-order valence-electron chi connectivity index (χ2n) is 5.74. The van der Waals surface area contributed by atoms with Crippen molar-refractivity contribution in [1.82, 2.24) is 25.6 Å². The maximum atomic E-state index is 12.2. The molecule has 1 atom stereocenters. The molecule has 2 N–H and O–H groups in total. The summed E-state index contributed by atoms with van der Waals surface area (Å²) in [6.07, 6.45) is 4.40. The van der Waals surface area contributed by atoms with Crippen molar-refractivity contribution in [2.24, 2.45) is 0 Å². The zero-order valence-electron chi connectivity index (χ0n) is 14.0. The zero-order chi connectivity index (χ0) is 17.4. The average Bonchev–Trinajstić information content (AvgIpc) is 3.27. The minimum Gasteiger partial charge on any atom is -0.351 e. The van der Waals surface area contributed by atoms with Crippen molar-refractivity contribution in [2.75, 3.05) is 13.6 Å². The third-order valence-corrected chi connectivity index (χ3v) is 4.72. The van der Waals surface area contributed by atoms with E-state index in [0.29, 0.717) is 19.4 Å². The fourth-order valence-corrected chi connectivity index (χ4v) is 2.99. The monoisotopic (exact) mass is 349 g/mol. The summed E-state index contributed by atoms with van der Waals surface area (Å²) >= 11 is 1.68. The number of aryl methyl sites for hydroxylation is 1. The molecule has 0 aromatic carbocycles. The van der Waals surface area contributed by atoms with E-state index in [1.807, 2.05) is 14.0 Å². The third-order valence-electron chi connectivity index (χ3n) is 3.99. The molecular formula is C16H23N5O2S. The summed E-state index contributed by atoms with van der Waals surface area (Å²) in [5.41, 5.74) is 1.56. The van der Waals surface area contributed by atoms with Gasteiger partial charge in [-0.3, -0.25) is 9.59 Å². The molecule has 8 heteroatoms. The van der Waals surface area contributed by atoms with Crippen molar-refractivity contribution < 1.29 is 9.59 Å². The molecule has 7 nitrogen and oxygen atoms in total. The predicted molar refractivity (Wildman–Crippen MR) is 92.8 cm³/mol. The van der Waals surface area contributed by atoms with Crippen LogP contribution in [0, 0.1) is 0 Å². The summed E-state index contributed by atoms with van der Waals surface area (Å²) in [5.74, 6) is -0.124. The SMILES string of the molecule is CC(CCNC(=O)c1cn[nH]n1)N(C)C(=O)CCCc1ccsc1. The van der Waals surface area contributed by atoms with Gasteiger partial charge in [-0.1, -0.05) is 0 Å². The van der Waals surface area contributed by atoms with E-state index in [1.54, 1.807) is 16.2 Å². The maximum absolute atomic E-state index is 12.2. The van der Waals surface area contributed by atoms with Gasteiger partial charge in [-0.25, -0.2) is 0 Å². The average molecular weight is 349 g/mol. The Balaban J connectivity index is 1.64. The summed E-state index contributed by atoms with van der Waals surface area (Å²) in [7, 11) is 1.82. The van der Waals surface area contributed by atoms with E-state index < -0.39 is 0 Å². The smallest absolute Gasteiger partial charge is 0.273 e. The number of hydrogen-bond acceptors (Lipinski definition) is 5. The van der Waals surface area contributed by atoms with Gasteiger partial charge in [0, 0.05) is 26.1 Å². The lowest BCUT2D eigenvalue weighted by Crippen LogP contribution is -2.37. The topological polar surface area (TPSA) is 91.0 Å². The van der Waals surface area contributed by atoms with Gasteiger partial charge < -0.3 is 10.2 Å². The summed E-state index contributed by atoms with van der Waals surface area (Å²) in [5, 5.41) is 16.7. The number of carbonyl (C=O) groups excluding carboxylic acids is 2. The molecule has 2 amide bonds. The minimum absolute atomic E-state index is 0.0660. The van der Waals surface area contributed by atoms with Gasteiger partial charge >= 0.3 is 0 Å². The van der Waals surface area contributed by atoms with Gasteiger partial charge in [0.15, 0.2) is 5.69 Å². The first kappa shape index (κ1) is 18.1. The van der Waals surface area contributed by atoms with Gasteiger partial charge in [-0.05, 0) is 48.6 Å². The fourth-order valence-electron chi connectivity index (χ4n) is 2.29. The normalized spacial score (nSPS) is 11.9. The van der Waals surface area contributed by atoms with Crippen molar-refractivity contribution in [3.63, 3.8) is 0 Å². The number of thiophene rings is 1. The molecule has 2 aromatic heterocycles. The Morgan fingerprint density at radius 1 is 1.46 bits per heavy atom. The number of amides is 2. The van der Waals surface area contributed by atoms with Crippen LogP contribution in [0.2, 0.25) is 0 Å². The van der Waals surface area contributed by atoms with E-state index in [2.05, 4.69) is 37.6 Å². The molecule has 0 spiro atoms. The van der Waals surface area contributed by atoms with Crippen LogP contribution in [0.3, 0.4) is 0 Å². The van der Waals surface area contributed by atoms with Gasteiger partial charge in [0.1, 0.15) is 0 Å². The molecule has 0 aliphatic heterocycles. The molecular weight excluding hydrogens is 326 g/mol. The first-order valence-electron chi connectivity index (χ1n) is 7.98. The second kappa shape index (κ2) is 9.17. The number of hydrogen-bond donors (Lipinski definition) is 2. The number of nitrogens with one attached hydrogen (secondary N) is 2. The molecule has 0 saturated heterocycles. The number of aromatic nitrogens is 3. The predicted octanol–water partition coefficient (Wildman–Crippen LogP) is 1.86.